The summed E-state index contributed by atoms with van der Waals surface area (Å²) in [5, 5.41) is 20.1. The second kappa shape index (κ2) is 8.16. The highest BCUT2D eigenvalue weighted by atomic mass is 16.7. The first-order valence-corrected chi connectivity index (χ1v) is 7.86. The van der Waals surface area contributed by atoms with Crippen LogP contribution in [0.5, 0.6) is 11.5 Å². The van der Waals surface area contributed by atoms with Gasteiger partial charge in [-0.3, -0.25) is 10.1 Å². The summed E-state index contributed by atoms with van der Waals surface area (Å²) < 4.78 is 20.9. The molecule has 138 valence electrons. The van der Waals surface area contributed by atoms with Crippen LogP contribution in [-0.2, 0) is 27.5 Å². The molecule has 1 aliphatic heterocycles. The quantitative estimate of drug-likeness (QED) is 0.432. The van der Waals surface area contributed by atoms with Crippen molar-refractivity contribution in [2.75, 3.05) is 13.4 Å². The number of carbonyl (C=O) groups excluding carboxylic acids is 1. The zero-order valence-corrected chi connectivity index (χ0v) is 14.0. The molecule has 0 saturated heterocycles. The van der Waals surface area contributed by atoms with Crippen molar-refractivity contribution in [2.45, 2.75) is 13.2 Å². The summed E-state index contributed by atoms with van der Waals surface area (Å²) in [7, 11) is 0. The molecule has 0 atom stereocenters. The third kappa shape index (κ3) is 4.31. The molecule has 0 N–H and O–H groups in total. The zero-order chi connectivity index (χ0) is 19.2. The third-order valence-corrected chi connectivity index (χ3v) is 3.72. The Morgan fingerprint density at radius 1 is 1.33 bits per heavy atom. The Morgan fingerprint density at radius 3 is 2.93 bits per heavy atom. The van der Waals surface area contributed by atoms with Crippen LogP contribution in [0.25, 0.3) is 0 Å². The fourth-order valence-corrected chi connectivity index (χ4v) is 2.51. The number of esters is 1. The number of carbonyl (C=O) groups is 1. The molecule has 2 aromatic carbocycles. The molecule has 0 radical (unpaired) electrons. The molecular weight excluding hydrogens is 356 g/mol. The molecule has 9 nitrogen and oxygen atoms in total. The normalized spacial score (nSPS) is 12.3. The van der Waals surface area contributed by atoms with Crippen LogP contribution in [0.2, 0.25) is 0 Å². The van der Waals surface area contributed by atoms with E-state index in [1.165, 1.54) is 12.1 Å². The van der Waals surface area contributed by atoms with Gasteiger partial charge in [-0.2, -0.15) is 5.26 Å². The molecule has 9 heteroatoms. The molecule has 1 heterocycles. The first kappa shape index (κ1) is 18.2. The molecule has 0 aromatic heterocycles. The van der Waals surface area contributed by atoms with Crippen molar-refractivity contribution in [3.05, 3.63) is 63.2 Å². The number of benzene rings is 2. The Bertz CT molecular complexity index is 920. The summed E-state index contributed by atoms with van der Waals surface area (Å²) >= 11 is 0. The lowest BCUT2D eigenvalue weighted by atomic mass is 10.1. The molecule has 0 amide bonds. The van der Waals surface area contributed by atoms with E-state index in [1.54, 1.807) is 24.3 Å². The van der Waals surface area contributed by atoms with Gasteiger partial charge in [0.05, 0.1) is 17.1 Å². The van der Waals surface area contributed by atoms with E-state index in [-0.39, 0.29) is 31.4 Å². The lowest BCUT2D eigenvalue weighted by Crippen LogP contribution is -2.17. The average Bonchev–Trinajstić information content (AvgIpc) is 2.70. The molecule has 0 fully saturated rings. The van der Waals surface area contributed by atoms with Crippen molar-refractivity contribution in [3.8, 4) is 17.6 Å². The van der Waals surface area contributed by atoms with Gasteiger partial charge in [0.1, 0.15) is 24.2 Å². The van der Waals surface area contributed by atoms with E-state index in [2.05, 4.69) is 0 Å². The molecule has 2 aromatic rings. The standard InChI is InChI=1S/C18H14N2O7/c19-7-12-3-1-2-4-16(12)25-10-17(21)26-9-14-6-15(20(22)23)5-13-8-24-11-27-18(13)14/h1-6H,8-11H2. The highest BCUT2D eigenvalue weighted by Gasteiger charge is 2.22. The number of nitro groups is 1. The van der Waals surface area contributed by atoms with E-state index in [1.807, 2.05) is 6.07 Å². The van der Waals surface area contributed by atoms with E-state index in [0.717, 1.165) is 0 Å². The van der Waals surface area contributed by atoms with Gasteiger partial charge >= 0.3 is 5.97 Å². The van der Waals surface area contributed by atoms with Crippen molar-refractivity contribution in [1.29, 1.82) is 5.26 Å². The summed E-state index contributed by atoms with van der Waals surface area (Å²) in [6.45, 7) is -0.433. The number of nitriles is 1. The summed E-state index contributed by atoms with van der Waals surface area (Å²) in [6.07, 6.45) is 0. The minimum absolute atomic E-state index is 0.0137. The minimum Gasteiger partial charge on any atom is -0.481 e. The van der Waals surface area contributed by atoms with E-state index in [4.69, 9.17) is 24.2 Å². The second-order valence-corrected chi connectivity index (χ2v) is 5.52. The van der Waals surface area contributed by atoms with Crippen molar-refractivity contribution in [3.63, 3.8) is 0 Å². The monoisotopic (exact) mass is 370 g/mol. The number of ether oxygens (including phenoxy) is 4. The Balaban J connectivity index is 1.66. The van der Waals surface area contributed by atoms with Gasteiger partial charge in [0, 0.05) is 23.3 Å². The van der Waals surface area contributed by atoms with Crippen LogP contribution in [0.15, 0.2) is 36.4 Å². The number of non-ortho nitro benzene ring substituents is 1. The maximum atomic E-state index is 11.9. The lowest BCUT2D eigenvalue weighted by Gasteiger charge is -2.20. The molecule has 0 spiro atoms. The van der Waals surface area contributed by atoms with Gasteiger partial charge < -0.3 is 18.9 Å². The molecule has 1 aliphatic rings. The van der Waals surface area contributed by atoms with Crippen LogP contribution in [0.3, 0.4) is 0 Å². The van der Waals surface area contributed by atoms with Gasteiger partial charge in [0.2, 0.25) is 0 Å². The topological polar surface area (TPSA) is 121 Å². The van der Waals surface area contributed by atoms with Gasteiger partial charge in [-0.15, -0.1) is 0 Å². The van der Waals surface area contributed by atoms with Gasteiger partial charge in [-0.1, -0.05) is 12.1 Å². The molecule has 0 aliphatic carbocycles. The first-order chi connectivity index (χ1) is 13.1. The van der Waals surface area contributed by atoms with Crippen molar-refractivity contribution >= 4 is 11.7 Å². The number of hydrogen-bond donors (Lipinski definition) is 0. The first-order valence-electron chi connectivity index (χ1n) is 7.86. The van der Waals surface area contributed by atoms with E-state index >= 15 is 0 Å². The fourth-order valence-electron chi connectivity index (χ4n) is 2.51. The number of fused-ring (bicyclic) bond motifs is 1. The van der Waals surface area contributed by atoms with Crippen LogP contribution in [0.1, 0.15) is 16.7 Å². The minimum atomic E-state index is -0.685. The van der Waals surface area contributed by atoms with E-state index in [9.17, 15) is 14.9 Å². The largest absolute Gasteiger partial charge is 0.481 e. The smallest absolute Gasteiger partial charge is 0.344 e. The third-order valence-electron chi connectivity index (χ3n) is 3.72. The van der Waals surface area contributed by atoms with Gasteiger partial charge in [-0.25, -0.2) is 4.79 Å². The molecule has 27 heavy (non-hydrogen) atoms. The molecule has 3 rings (SSSR count). The second-order valence-electron chi connectivity index (χ2n) is 5.52. The van der Waals surface area contributed by atoms with Gasteiger partial charge in [0.25, 0.3) is 5.69 Å². The summed E-state index contributed by atoms with van der Waals surface area (Å²) in [5.74, 6) is -0.00406. The number of rotatable bonds is 6. The highest BCUT2D eigenvalue weighted by molar-refractivity contribution is 5.71. The van der Waals surface area contributed by atoms with Crippen LogP contribution in [-0.4, -0.2) is 24.3 Å². The van der Waals surface area contributed by atoms with E-state index in [0.29, 0.717) is 22.4 Å². The summed E-state index contributed by atoms with van der Waals surface area (Å²) in [6, 6.07) is 11.1. The maximum Gasteiger partial charge on any atom is 0.344 e. The molecular formula is C18H14N2O7. The Kier molecular flexibility index (Phi) is 5.49. The Morgan fingerprint density at radius 2 is 2.15 bits per heavy atom. The maximum absolute atomic E-state index is 11.9. The summed E-state index contributed by atoms with van der Waals surface area (Å²) in [5.41, 5.74) is 1.04. The van der Waals surface area contributed by atoms with Crippen molar-refractivity contribution < 1.29 is 28.7 Å². The molecule has 0 bridgehead atoms. The number of nitrogens with zero attached hydrogens (tertiary/aromatic N) is 2. The van der Waals surface area contributed by atoms with Gasteiger partial charge in [0.15, 0.2) is 13.4 Å². The van der Waals surface area contributed by atoms with Crippen molar-refractivity contribution in [2.24, 2.45) is 0 Å². The fraction of sp³-hybridized carbons (Fsp3) is 0.222. The predicted octanol–water partition coefficient (Wildman–Crippen LogP) is 2.46. The Labute approximate surface area is 153 Å². The molecule has 0 unspecified atom stereocenters. The average molecular weight is 370 g/mol. The van der Waals surface area contributed by atoms with Crippen molar-refractivity contribution in [1.82, 2.24) is 0 Å². The molecule has 0 saturated carbocycles. The van der Waals surface area contributed by atoms with E-state index < -0.39 is 17.5 Å². The van der Waals surface area contributed by atoms with Crippen LogP contribution < -0.4 is 9.47 Å². The SMILES string of the molecule is N#Cc1ccccc1OCC(=O)OCc1cc([N+](=O)[O-])cc2c1OCOC2. The zero-order valence-electron chi connectivity index (χ0n) is 14.0. The Hall–Kier alpha value is -3.64. The number of hydrogen-bond acceptors (Lipinski definition) is 8. The van der Waals surface area contributed by atoms with Crippen LogP contribution in [0.4, 0.5) is 5.69 Å². The van der Waals surface area contributed by atoms with Crippen LogP contribution in [0, 0.1) is 21.4 Å². The summed E-state index contributed by atoms with van der Waals surface area (Å²) in [4.78, 5) is 22.5. The number of para-hydroxylation sites is 1. The van der Waals surface area contributed by atoms with Crippen LogP contribution >= 0.6 is 0 Å². The highest BCUT2D eigenvalue weighted by Crippen LogP contribution is 2.33. The number of nitro benzene ring substituents is 1. The lowest BCUT2D eigenvalue weighted by molar-refractivity contribution is -0.385. The van der Waals surface area contributed by atoms with Gasteiger partial charge in [-0.05, 0) is 12.1 Å². The predicted molar refractivity (Wildman–Crippen MR) is 89.8 cm³/mol.